The maximum atomic E-state index is 13.6. The van der Waals surface area contributed by atoms with Crippen LogP contribution < -0.4 is 10.2 Å². The number of benzene rings is 1. The number of H-pyrrole nitrogens is 1. The largest absolute Gasteiger partial charge is 0.356 e. The molecule has 2 aromatic rings. The molecule has 122 valence electrons. The van der Waals surface area contributed by atoms with Crippen molar-refractivity contribution in [3.8, 4) is 0 Å². The number of aromatic amines is 1. The van der Waals surface area contributed by atoms with Gasteiger partial charge in [0, 0.05) is 24.7 Å². The lowest BCUT2D eigenvalue weighted by Crippen LogP contribution is -3.05. The maximum absolute atomic E-state index is 13.6. The van der Waals surface area contributed by atoms with Gasteiger partial charge < -0.3 is 15.2 Å². The van der Waals surface area contributed by atoms with E-state index < -0.39 is 11.6 Å². The second-order valence-electron chi connectivity index (χ2n) is 5.68. The van der Waals surface area contributed by atoms with Gasteiger partial charge in [-0.1, -0.05) is 12.1 Å². The van der Waals surface area contributed by atoms with E-state index in [1.165, 1.54) is 35.4 Å². The minimum Gasteiger partial charge on any atom is -0.356 e. The van der Waals surface area contributed by atoms with Gasteiger partial charge in [-0.3, -0.25) is 9.59 Å². The molecule has 5 nitrogen and oxygen atoms in total. The van der Waals surface area contributed by atoms with E-state index in [1.807, 2.05) is 14.1 Å². The van der Waals surface area contributed by atoms with Gasteiger partial charge in [0.15, 0.2) is 5.78 Å². The number of nitrogens with one attached hydrogen (secondary N) is 3. The van der Waals surface area contributed by atoms with Crippen LogP contribution >= 0.6 is 0 Å². The van der Waals surface area contributed by atoms with E-state index in [-0.39, 0.29) is 17.0 Å². The van der Waals surface area contributed by atoms with Crippen molar-refractivity contribution in [2.24, 2.45) is 0 Å². The van der Waals surface area contributed by atoms with E-state index in [1.54, 1.807) is 6.07 Å². The Balaban J connectivity index is 1.99. The molecule has 0 saturated carbocycles. The van der Waals surface area contributed by atoms with Gasteiger partial charge in [0.2, 0.25) is 0 Å². The van der Waals surface area contributed by atoms with Gasteiger partial charge in [-0.05, 0) is 18.2 Å². The monoisotopic (exact) mass is 318 g/mol. The third-order valence-electron chi connectivity index (χ3n) is 3.45. The standard InChI is InChI=1S/C17H20FN3O2/c1-21(2)9-5-8-19-17(23)15-10-12(11-20-15)16(22)13-6-3-4-7-14(13)18/h3-4,6-7,10-11,20H,5,8-9H2,1-2H3,(H,19,23)/p+1. The van der Waals surface area contributed by atoms with Gasteiger partial charge in [-0.2, -0.15) is 0 Å². The summed E-state index contributed by atoms with van der Waals surface area (Å²) in [6.45, 7) is 1.53. The Hall–Kier alpha value is -2.47. The molecule has 0 aliphatic carbocycles. The lowest BCUT2D eigenvalue weighted by molar-refractivity contribution is -0.858. The van der Waals surface area contributed by atoms with E-state index in [4.69, 9.17) is 0 Å². The molecule has 3 N–H and O–H groups in total. The molecule has 1 heterocycles. The fourth-order valence-corrected chi connectivity index (χ4v) is 2.20. The molecule has 0 fully saturated rings. The van der Waals surface area contributed by atoms with Crippen LogP contribution in [0.3, 0.4) is 0 Å². The lowest BCUT2D eigenvalue weighted by atomic mass is 10.1. The summed E-state index contributed by atoms with van der Waals surface area (Å²) in [6.07, 6.45) is 2.30. The number of rotatable bonds is 7. The number of amides is 1. The molecule has 0 aliphatic heterocycles. The van der Waals surface area contributed by atoms with Crippen LogP contribution in [0.4, 0.5) is 4.39 Å². The summed E-state index contributed by atoms with van der Waals surface area (Å²) >= 11 is 0. The number of quaternary nitrogens is 1. The van der Waals surface area contributed by atoms with Crippen molar-refractivity contribution in [1.82, 2.24) is 10.3 Å². The van der Waals surface area contributed by atoms with Crippen molar-refractivity contribution in [2.45, 2.75) is 6.42 Å². The van der Waals surface area contributed by atoms with Gasteiger partial charge in [0.05, 0.1) is 26.2 Å². The molecule has 1 amide bonds. The highest BCUT2D eigenvalue weighted by Crippen LogP contribution is 2.14. The number of carbonyl (C=O) groups excluding carboxylic acids is 2. The van der Waals surface area contributed by atoms with Crippen LogP contribution in [0.15, 0.2) is 36.5 Å². The van der Waals surface area contributed by atoms with Crippen molar-refractivity contribution in [3.63, 3.8) is 0 Å². The number of aromatic nitrogens is 1. The topological polar surface area (TPSA) is 66.4 Å². The Morgan fingerprint density at radius 1 is 1.26 bits per heavy atom. The molecule has 0 spiro atoms. The molecule has 1 aromatic heterocycles. The molecule has 0 bridgehead atoms. The van der Waals surface area contributed by atoms with Crippen LogP contribution in [0, 0.1) is 5.82 Å². The normalized spacial score (nSPS) is 10.8. The second-order valence-corrected chi connectivity index (χ2v) is 5.68. The Kier molecular flexibility index (Phi) is 5.65. The van der Waals surface area contributed by atoms with Crippen molar-refractivity contribution in [2.75, 3.05) is 27.2 Å². The summed E-state index contributed by atoms with van der Waals surface area (Å²) in [5, 5.41) is 2.79. The second kappa shape index (κ2) is 7.69. The SMILES string of the molecule is C[NH+](C)CCCNC(=O)c1cc(C(=O)c2ccccc2F)c[nH]1. The summed E-state index contributed by atoms with van der Waals surface area (Å²) in [5.41, 5.74) is 0.548. The van der Waals surface area contributed by atoms with Gasteiger partial charge in [0.25, 0.3) is 5.91 Å². The first-order valence-corrected chi connectivity index (χ1v) is 7.54. The molecule has 23 heavy (non-hydrogen) atoms. The fourth-order valence-electron chi connectivity index (χ4n) is 2.20. The summed E-state index contributed by atoms with van der Waals surface area (Å²) in [6, 6.07) is 7.23. The Morgan fingerprint density at radius 2 is 2.00 bits per heavy atom. The molecule has 0 atom stereocenters. The number of halogens is 1. The average Bonchev–Trinajstić information content (AvgIpc) is 3.01. The highest BCUT2D eigenvalue weighted by Gasteiger charge is 2.17. The van der Waals surface area contributed by atoms with Crippen LogP contribution in [0.2, 0.25) is 0 Å². The van der Waals surface area contributed by atoms with Crippen molar-refractivity contribution in [3.05, 3.63) is 59.2 Å². The maximum Gasteiger partial charge on any atom is 0.267 e. The molecular weight excluding hydrogens is 297 g/mol. The Morgan fingerprint density at radius 3 is 2.70 bits per heavy atom. The molecule has 0 radical (unpaired) electrons. The van der Waals surface area contributed by atoms with Crippen LogP contribution in [0.1, 0.15) is 32.8 Å². The minimum absolute atomic E-state index is 0.00702. The van der Waals surface area contributed by atoms with Gasteiger partial charge in [0.1, 0.15) is 11.5 Å². The molecule has 1 aromatic carbocycles. The van der Waals surface area contributed by atoms with Crippen LogP contribution in [0.5, 0.6) is 0 Å². The predicted octanol–water partition coefficient (Wildman–Crippen LogP) is 0.649. The molecule has 6 heteroatoms. The third-order valence-corrected chi connectivity index (χ3v) is 3.45. The molecular formula is C17H21FN3O2+. The highest BCUT2D eigenvalue weighted by atomic mass is 19.1. The van der Waals surface area contributed by atoms with Crippen LogP contribution in [-0.4, -0.2) is 43.9 Å². The van der Waals surface area contributed by atoms with Gasteiger partial charge >= 0.3 is 0 Å². The molecule has 0 unspecified atom stereocenters. The zero-order valence-corrected chi connectivity index (χ0v) is 13.3. The average molecular weight is 318 g/mol. The van der Waals surface area contributed by atoms with Crippen LogP contribution in [-0.2, 0) is 0 Å². The third kappa shape index (κ3) is 4.50. The minimum atomic E-state index is -0.573. The quantitative estimate of drug-likeness (QED) is 0.518. The van der Waals surface area contributed by atoms with Crippen molar-refractivity contribution < 1.29 is 18.9 Å². The first kappa shape index (κ1) is 16.9. The van der Waals surface area contributed by atoms with Crippen molar-refractivity contribution >= 4 is 11.7 Å². The molecule has 2 rings (SSSR count). The molecule has 0 aliphatic rings. The number of hydrogen-bond acceptors (Lipinski definition) is 2. The Labute approximate surface area is 134 Å². The molecule has 0 saturated heterocycles. The number of carbonyl (C=O) groups is 2. The van der Waals surface area contributed by atoms with E-state index in [0.29, 0.717) is 12.2 Å². The zero-order chi connectivity index (χ0) is 16.8. The van der Waals surface area contributed by atoms with Gasteiger partial charge in [-0.15, -0.1) is 0 Å². The van der Waals surface area contributed by atoms with E-state index in [0.717, 1.165) is 13.0 Å². The number of ketones is 1. The predicted molar refractivity (Wildman–Crippen MR) is 85.3 cm³/mol. The zero-order valence-electron chi connectivity index (χ0n) is 13.3. The summed E-state index contributed by atoms with van der Waals surface area (Å²) < 4.78 is 13.6. The lowest BCUT2D eigenvalue weighted by Gasteiger charge is -2.07. The Bertz CT molecular complexity index is 695. The summed E-state index contributed by atoms with van der Waals surface area (Å²) in [4.78, 5) is 28.3. The highest BCUT2D eigenvalue weighted by molar-refractivity contribution is 6.10. The van der Waals surface area contributed by atoms with Gasteiger partial charge in [-0.25, -0.2) is 4.39 Å². The van der Waals surface area contributed by atoms with E-state index >= 15 is 0 Å². The smallest absolute Gasteiger partial charge is 0.267 e. The van der Waals surface area contributed by atoms with E-state index in [2.05, 4.69) is 10.3 Å². The van der Waals surface area contributed by atoms with E-state index in [9.17, 15) is 14.0 Å². The number of hydrogen-bond donors (Lipinski definition) is 3. The first-order chi connectivity index (χ1) is 11.0. The fraction of sp³-hybridized carbons (Fsp3) is 0.294. The van der Waals surface area contributed by atoms with Crippen molar-refractivity contribution in [1.29, 1.82) is 0 Å². The van der Waals surface area contributed by atoms with Crippen LogP contribution in [0.25, 0.3) is 0 Å². The summed E-state index contributed by atoms with van der Waals surface area (Å²) in [5.74, 6) is -1.29. The first-order valence-electron chi connectivity index (χ1n) is 7.54. The summed E-state index contributed by atoms with van der Waals surface area (Å²) in [7, 11) is 4.10.